The molecule has 0 radical (unpaired) electrons. The summed E-state index contributed by atoms with van der Waals surface area (Å²) in [7, 11) is 0. The molecule has 0 saturated carbocycles. The van der Waals surface area contributed by atoms with E-state index in [0.29, 0.717) is 6.42 Å². The molecule has 0 bridgehead atoms. The SMILES string of the molecule is O=C1CCCN1C(CO)Cc1ccccc1. The Hall–Kier alpha value is -1.35. The molecule has 3 heteroatoms. The Morgan fingerprint density at radius 2 is 2.06 bits per heavy atom. The van der Waals surface area contributed by atoms with Crippen molar-refractivity contribution in [3.63, 3.8) is 0 Å². The highest BCUT2D eigenvalue weighted by Gasteiger charge is 2.27. The minimum Gasteiger partial charge on any atom is -0.394 e. The maximum absolute atomic E-state index is 11.6. The molecular weight excluding hydrogens is 202 g/mol. The number of benzene rings is 1. The quantitative estimate of drug-likeness (QED) is 0.827. The lowest BCUT2D eigenvalue weighted by molar-refractivity contribution is -0.130. The fraction of sp³-hybridized carbons (Fsp3) is 0.462. The summed E-state index contributed by atoms with van der Waals surface area (Å²) in [5.74, 6) is 0.176. The molecule has 1 N–H and O–H groups in total. The smallest absolute Gasteiger partial charge is 0.222 e. The molecule has 1 aromatic rings. The van der Waals surface area contributed by atoms with E-state index in [-0.39, 0.29) is 18.6 Å². The van der Waals surface area contributed by atoms with Crippen LogP contribution < -0.4 is 0 Å². The lowest BCUT2D eigenvalue weighted by Crippen LogP contribution is -2.40. The normalized spacial score (nSPS) is 17.8. The van der Waals surface area contributed by atoms with Gasteiger partial charge in [-0.15, -0.1) is 0 Å². The maximum atomic E-state index is 11.6. The van der Waals surface area contributed by atoms with Gasteiger partial charge < -0.3 is 10.0 Å². The van der Waals surface area contributed by atoms with Gasteiger partial charge in [0, 0.05) is 13.0 Å². The molecule has 1 atom stereocenters. The molecule has 3 nitrogen and oxygen atoms in total. The molecule has 1 saturated heterocycles. The lowest BCUT2D eigenvalue weighted by Gasteiger charge is -2.26. The van der Waals surface area contributed by atoms with Gasteiger partial charge in [0.15, 0.2) is 0 Å². The van der Waals surface area contributed by atoms with Crippen LogP contribution in [0.25, 0.3) is 0 Å². The van der Waals surface area contributed by atoms with Crippen molar-refractivity contribution in [3.8, 4) is 0 Å². The number of hydrogen-bond donors (Lipinski definition) is 1. The summed E-state index contributed by atoms with van der Waals surface area (Å²) in [5, 5.41) is 9.37. The van der Waals surface area contributed by atoms with Gasteiger partial charge in [-0.25, -0.2) is 0 Å². The monoisotopic (exact) mass is 219 g/mol. The highest BCUT2D eigenvalue weighted by atomic mass is 16.3. The second-order valence-electron chi connectivity index (χ2n) is 4.22. The highest BCUT2D eigenvalue weighted by molar-refractivity contribution is 5.78. The van der Waals surface area contributed by atoms with E-state index in [4.69, 9.17) is 0 Å². The first-order valence-corrected chi connectivity index (χ1v) is 5.75. The van der Waals surface area contributed by atoms with E-state index in [1.165, 1.54) is 5.56 Å². The minimum absolute atomic E-state index is 0.0423. The third-order valence-corrected chi connectivity index (χ3v) is 3.08. The van der Waals surface area contributed by atoms with Crippen LogP contribution in [0.1, 0.15) is 18.4 Å². The van der Waals surface area contributed by atoms with Gasteiger partial charge in [-0.2, -0.15) is 0 Å². The molecule has 1 heterocycles. The van der Waals surface area contributed by atoms with Gasteiger partial charge >= 0.3 is 0 Å². The van der Waals surface area contributed by atoms with Gasteiger partial charge in [0.05, 0.1) is 12.6 Å². The van der Waals surface area contributed by atoms with E-state index in [1.807, 2.05) is 35.2 Å². The zero-order chi connectivity index (χ0) is 11.4. The molecular formula is C13H17NO2. The lowest BCUT2D eigenvalue weighted by atomic mass is 10.1. The third-order valence-electron chi connectivity index (χ3n) is 3.08. The molecule has 0 aliphatic carbocycles. The van der Waals surface area contributed by atoms with Gasteiger partial charge in [-0.3, -0.25) is 4.79 Å². The molecule has 86 valence electrons. The van der Waals surface area contributed by atoms with Crippen molar-refractivity contribution in [2.45, 2.75) is 25.3 Å². The number of amides is 1. The van der Waals surface area contributed by atoms with Gasteiger partial charge in [-0.05, 0) is 18.4 Å². The van der Waals surface area contributed by atoms with E-state index in [2.05, 4.69) is 0 Å². The average Bonchev–Trinajstić information content (AvgIpc) is 2.74. The van der Waals surface area contributed by atoms with Crippen LogP contribution in [0.4, 0.5) is 0 Å². The second-order valence-corrected chi connectivity index (χ2v) is 4.22. The van der Waals surface area contributed by atoms with Crippen LogP contribution >= 0.6 is 0 Å². The van der Waals surface area contributed by atoms with Crippen LogP contribution in [-0.4, -0.2) is 35.1 Å². The summed E-state index contributed by atoms with van der Waals surface area (Å²) in [4.78, 5) is 13.4. The molecule has 1 amide bonds. The van der Waals surface area contributed by atoms with Gasteiger partial charge in [0.25, 0.3) is 0 Å². The van der Waals surface area contributed by atoms with Crippen LogP contribution in [-0.2, 0) is 11.2 Å². The van der Waals surface area contributed by atoms with Gasteiger partial charge in [0.2, 0.25) is 5.91 Å². The first-order valence-electron chi connectivity index (χ1n) is 5.75. The fourth-order valence-corrected chi connectivity index (χ4v) is 2.21. The average molecular weight is 219 g/mol. The van der Waals surface area contributed by atoms with Crippen LogP contribution in [0.2, 0.25) is 0 Å². The standard InChI is InChI=1S/C13H17NO2/c15-10-12(14-8-4-7-13(14)16)9-11-5-2-1-3-6-11/h1-3,5-6,12,15H,4,7-10H2. The number of aliphatic hydroxyl groups excluding tert-OH is 1. The van der Waals surface area contributed by atoms with Crippen molar-refractivity contribution in [2.75, 3.05) is 13.2 Å². The molecule has 1 unspecified atom stereocenters. The van der Waals surface area contributed by atoms with Crippen LogP contribution in [0.3, 0.4) is 0 Å². The van der Waals surface area contributed by atoms with Crippen molar-refractivity contribution in [1.82, 2.24) is 4.90 Å². The predicted molar refractivity (Wildman–Crippen MR) is 62.0 cm³/mol. The summed E-state index contributed by atoms with van der Waals surface area (Å²) < 4.78 is 0. The van der Waals surface area contributed by atoms with Crippen LogP contribution in [0.15, 0.2) is 30.3 Å². The number of hydrogen-bond acceptors (Lipinski definition) is 2. The summed E-state index contributed by atoms with van der Waals surface area (Å²) in [6, 6.07) is 9.94. The molecule has 1 aromatic carbocycles. The Morgan fingerprint density at radius 3 is 2.62 bits per heavy atom. The number of nitrogens with zero attached hydrogens (tertiary/aromatic N) is 1. The van der Waals surface area contributed by atoms with Gasteiger partial charge in [-0.1, -0.05) is 30.3 Å². The van der Waals surface area contributed by atoms with Crippen molar-refractivity contribution >= 4 is 5.91 Å². The molecule has 1 fully saturated rings. The van der Waals surface area contributed by atoms with E-state index >= 15 is 0 Å². The van der Waals surface area contributed by atoms with Crippen molar-refractivity contribution in [2.24, 2.45) is 0 Å². The zero-order valence-corrected chi connectivity index (χ0v) is 9.30. The summed E-state index contributed by atoms with van der Waals surface area (Å²) >= 11 is 0. The zero-order valence-electron chi connectivity index (χ0n) is 9.30. The molecule has 0 spiro atoms. The number of carbonyl (C=O) groups excluding carboxylic acids is 1. The van der Waals surface area contributed by atoms with Crippen LogP contribution in [0, 0.1) is 0 Å². The highest BCUT2D eigenvalue weighted by Crippen LogP contribution is 2.16. The minimum atomic E-state index is -0.0580. The Labute approximate surface area is 95.7 Å². The number of carbonyl (C=O) groups is 1. The van der Waals surface area contributed by atoms with E-state index < -0.39 is 0 Å². The maximum Gasteiger partial charge on any atom is 0.222 e. The van der Waals surface area contributed by atoms with Crippen molar-refractivity contribution in [1.29, 1.82) is 0 Å². The van der Waals surface area contributed by atoms with Crippen molar-refractivity contribution in [3.05, 3.63) is 35.9 Å². The van der Waals surface area contributed by atoms with E-state index in [9.17, 15) is 9.90 Å². The molecule has 1 aliphatic rings. The molecule has 0 aromatic heterocycles. The Balaban J connectivity index is 2.03. The Kier molecular flexibility index (Phi) is 3.57. The van der Waals surface area contributed by atoms with E-state index in [1.54, 1.807) is 0 Å². The molecule has 2 rings (SSSR count). The summed E-state index contributed by atoms with van der Waals surface area (Å²) in [6.07, 6.45) is 2.29. The number of likely N-dealkylation sites (tertiary alicyclic amines) is 1. The Bertz CT molecular complexity index is 350. The molecule has 16 heavy (non-hydrogen) atoms. The van der Waals surface area contributed by atoms with Gasteiger partial charge in [0.1, 0.15) is 0 Å². The Morgan fingerprint density at radius 1 is 1.31 bits per heavy atom. The topological polar surface area (TPSA) is 40.5 Å². The third kappa shape index (κ3) is 2.42. The van der Waals surface area contributed by atoms with E-state index in [0.717, 1.165) is 19.4 Å². The summed E-state index contributed by atoms with van der Waals surface area (Å²) in [6.45, 7) is 0.831. The number of rotatable bonds is 4. The van der Waals surface area contributed by atoms with Crippen molar-refractivity contribution < 1.29 is 9.90 Å². The first-order chi connectivity index (χ1) is 7.81. The van der Waals surface area contributed by atoms with Crippen LogP contribution in [0.5, 0.6) is 0 Å². The molecule has 1 aliphatic heterocycles. The summed E-state index contributed by atoms with van der Waals surface area (Å²) in [5.41, 5.74) is 1.17. The second kappa shape index (κ2) is 5.12. The first kappa shape index (κ1) is 11.1. The number of aliphatic hydroxyl groups is 1. The fourth-order valence-electron chi connectivity index (χ4n) is 2.21. The largest absolute Gasteiger partial charge is 0.394 e. The predicted octanol–water partition coefficient (Wildman–Crippen LogP) is 1.21.